The molecule has 2 saturated carbocycles. The summed E-state index contributed by atoms with van der Waals surface area (Å²) < 4.78 is 29.5. The van der Waals surface area contributed by atoms with Crippen molar-refractivity contribution in [1.82, 2.24) is 9.71 Å². The summed E-state index contributed by atoms with van der Waals surface area (Å²) in [5.74, 6) is 0.375. The average molecular weight is 467 g/mol. The molecule has 0 radical (unpaired) electrons. The lowest BCUT2D eigenvalue weighted by Crippen LogP contribution is -2.45. The van der Waals surface area contributed by atoms with Gasteiger partial charge in [0.25, 0.3) is 0 Å². The number of aromatic nitrogens is 1. The molecule has 0 aliphatic heterocycles. The molecule has 2 aromatic rings. The second-order valence-electron chi connectivity index (χ2n) is 8.99. The number of carbonyl (C=O) groups is 1. The van der Waals surface area contributed by atoms with Crippen molar-refractivity contribution in [3.63, 3.8) is 0 Å². The highest BCUT2D eigenvalue weighted by Crippen LogP contribution is 2.64. The van der Waals surface area contributed by atoms with Crippen LogP contribution >= 0.6 is 15.9 Å². The van der Waals surface area contributed by atoms with E-state index in [2.05, 4.69) is 45.5 Å². The summed E-state index contributed by atoms with van der Waals surface area (Å²) in [6, 6.07) is 6.06. The van der Waals surface area contributed by atoms with E-state index in [-0.39, 0.29) is 17.0 Å². The van der Waals surface area contributed by atoms with Crippen molar-refractivity contribution in [2.75, 3.05) is 12.3 Å². The molecule has 2 atom stereocenters. The second kappa shape index (κ2) is 6.67. The maximum Gasteiger partial charge on any atom is 0.212 e. The first-order valence-electron chi connectivity index (χ1n) is 9.83. The van der Waals surface area contributed by atoms with Gasteiger partial charge in [-0.25, -0.2) is 13.1 Å². The van der Waals surface area contributed by atoms with Crippen molar-refractivity contribution in [3.05, 3.63) is 33.9 Å². The third-order valence-electron chi connectivity index (χ3n) is 7.35. The third-order valence-corrected chi connectivity index (χ3v) is 9.36. The van der Waals surface area contributed by atoms with Gasteiger partial charge in [0.05, 0.1) is 5.75 Å². The fourth-order valence-electron chi connectivity index (χ4n) is 5.49. The predicted molar refractivity (Wildman–Crippen MR) is 115 cm³/mol. The van der Waals surface area contributed by atoms with Crippen LogP contribution in [0.2, 0.25) is 0 Å². The molecule has 0 spiro atoms. The summed E-state index contributed by atoms with van der Waals surface area (Å²) >= 11 is 3.50. The Kier molecular flexibility index (Phi) is 4.79. The minimum atomic E-state index is -3.53. The lowest BCUT2D eigenvalue weighted by molar-refractivity contribution is -0.128. The molecule has 2 fully saturated rings. The zero-order valence-electron chi connectivity index (χ0n) is 16.6. The van der Waals surface area contributed by atoms with Crippen LogP contribution in [0.3, 0.4) is 0 Å². The van der Waals surface area contributed by atoms with Gasteiger partial charge in [0.2, 0.25) is 10.0 Å². The smallest absolute Gasteiger partial charge is 0.212 e. The molecule has 1 heterocycles. The van der Waals surface area contributed by atoms with Crippen LogP contribution in [0.5, 0.6) is 0 Å². The Morgan fingerprint density at radius 1 is 1.32 bits per heavy atom. The monoisotopic (exact) mass is 466 g/mol. The number of fused-ring (bicyclic) bond motifs is 3. The molecule has 1 aromatic heterocycles. The first-order chi connectivity index (χ1) is 13.1. The highest BCUT2D eigenvalue weighted by molar-refractivity contribution is 9.10. The lowest BCUT2D eigenvalue weighted by Gasteiger charge is -2.36. The molecule has 2 N–H and O–H groups in total. The number of aromatic amines is 1. The van der Waals surface area contributed by atoms with Gasteiger partial charge in [-0.05, 0) is 61.3 Å². The van der Waals surface area contributed by atoms with Crippen molar-refractivity contribution in [3.8, 4) is 0 Å². The van der Waals surface area contributed by atoms with Gasteiger partial charge in [-0.2, -0.15) is 0 Å². The molecule has 2 bridgehead atoms. The molecule has 28 heavy (non-hydrogen) atoms. The summed E-state index contributed by atoms with van der Waals surface area (Å²) in [5.41, 5.74) is 2.27. The zero-order valence-corrected chi connectivity index (χ0v) is 19.0. The van der Waals surface area contributed by atoms with E-state index < -0.39 is 15.4 Å². The van der Waals surface area contributed by atoms with Crippen molar-refractivity contribution < 1.29 is 13.2 Å². The van der Waals surface area contributed by atoms with Crippen molar-refractivity contribution in [2.24, 2.45) is 16.7 Å². The summed E-state index contributed by atoms with van der Waals surface area (Å²) in [7, 11) is -3.53. The molecule has 0 saturated heterocycles. The Balaban J connectivity index is 1.48. The minimum absolute atomic E-state index is 0.0826. The van der Waals surface area contributed by atoms with Gasteiger partial charge < -0.3 is 4.98 Å². The number of benzene rings is 1. The molecule has 1 aromatic carbocycles. The molecule has 4 rings (SSSR count). The Hall–Kier alpha value is -1.18. The van der Waals surface area contributed by atoms with Crippen LogP contribution in [0.1, 0.15) is 44.4 Å². The molecule has 5 nitrogen and oxygen atoms in total. The molecular formula is C21H27BrN2O3S. The standard InChI is InChI=1S/C21H27BrN2O3S/c1-13-16(17-11-15(22)4-5-18(17)24-13)7-9-23-28(26,27)12-21-8-6-14(10-19(21)25)20(21,2)3/h4-5,11,14,23-24H,6-10,12H2,1-3H3/t14-,21-/m0/s1. The number of halogens is 1. The van der Waals surface area contributed by atoms with Crippen LogP contribution in [-0.4, -0.2) is 31.5 Å². The number of hydrogen-bond donors (Lipinski definition) is 2. The van der Waals surface area contributed by atoms with E-state index >= 15 is 0 Å². The number of aryl methyl sites for hydroxylation is 1. The van der Waals surface area contributed by atoms with Crippen LogP contribution in [-0.2, 0) is 21.2 Å². The Morgan fingerprint density at radius 2 is 2.07 bits per heavy atom. The highest BCUT2D eigenvalue weighted by Gasteiger charge is 2.65. The van der Waals surface area contributed by atoms with Crippen molar-refractivity contribution >= 4 is 42.6 Å². The second-order valence-corrected chi connectivity index (χ2v) is 11.7. The van der Waals surface area contributed by atoms with Crippen molar-refractivity contribution in [2.45, 2.75) is 46.5 Å². The van der Waals surface area contributed by atoms with Gasteiger partial charge in [0.15, 0.2) is 0 Å². The molecule has 0 amide bonds. The summed E-state index contributed by atoms with van der Waals surface area (Å²) in [5, 5.41) is 1.11. The van der Waals surface area contributed by atoms with Gasteiger partial charge in [0, 0.05) is 39.5 Å². The first kappa shape index (κ1) is 20.1. The van der Waals surface area contributed by atoms with Crippen LogP contribution < -0.4 is 4.72 Å². The third kappa shape index (κ3) is 3.06. The SMILES string of the molecule is Cc1[nH]c2ccc(Br)cc2c1CCNS(=O)(=O)C[C@@]12CC[C@@H](CC1=O)C2(C)C. The number of ketones is 1. The normalized spacial score (nSPS) is 26.4. The molecule has 2 aliphatic rings. The van der Waals surface area contributed by atoms with Gasteiger partial charge in [-0.3, -0.25) is 4.79 Å². The molecule has 7 heteroatoms. The number of sulfonamides is 1. The predicted octanol–water partition coefficient (Wildman–Crippen LogP) is 4.10. The van der Waals surface area contributed by atoms with Gasteiger partial charge in [0.1, 0.15) is 5.78 Å². The van der Waals surface area contributed by atoms with Crippen LogP contribution in [0.25, 0.3) is 10.9 Å². The quantitative estimate of drug-likeness (QED) is 0.672. The molecular weight excluding hydrogens is 440 g/mol. The number of hydrogen-bond acceptors (Lipinski definition) is 3. The summed E-state index contributed by atoms with van der Waals surface area (Å²) in [4.78, 5) is 16.0. The number of nitrogens with one attached hydrogen (secondary N) is 2. The number of H-pyrrole nitrogens is 1. The fourth-order valence-corrected chi connectivity index (χ4v) is 7.69. The number of carbonyl (C=O) groups excluding carboxylic acids is 1. The van der Waals surface area contributed by atoms with E-state index in [1.807, 2.05) is 19.1 Å². The lowest BCUT2D eigenvalue weighted by atomic mass is 9.70. The number of Topliss-reactive ketones (excluding diaryl/α,β-unsaturated/α-hetero) is 1. The topological polar surface area (TPSA) is 79.0 Å². The van der Waals surface area contributed by atoms with Crippen LogP contribution in [0.15, 0.2) is 22.7 Å². The van der Waals surface area contributed by atoms with E-state index in [0.717, 1.165) is 33.1 Å². The van der Waals surface area contributed by atoms with E-state index in [9.17, 15) is 13.2 Å². The Morgan fingerprint density at radius 3 is 2.71 bits per heavy atom. The minimum Gasteiger partial charge on any atom is -0.358 e. The first-order valence-corrected chi connectivity index (χ1v) is 12.3. The highest BCUT2D eigenvalue weighted by atomic mass is 79.9. The zero-order chi connectivity index (χ0) is 20.3. The summed E-state index contributed by atoms with van der Waals surface area (Å²) in [6.45, 7) is 6.47. The van der Waals surface area contributed by atoms with E-state index in [4.69, 9.17) is 0 Å². The Labute approximate surface area is 174 Å². The average Bonchev–Trinajstić information content (AvgIpc) is 3.09. The van der Waals surface area contributed by atoms with E-state index in [1.54, 1.807) is 0 Å². The largest absolute Gasteiger partial charge is 0.358 e. The molecule has 152 valence electrons. The van der Waals surface area contributed by atoms with E-state index in [0.29, 0.717) is 31.7 Å². The van der Waals surface area contributed by atoms with Gasteiger partial charge in [-0.1, -0.05) is 29.8 Å². The molecule has 0 unspecified atom stereocenters. The molecule has 2 aliphatic carbocycles. The summed E-state index contributed by atoms with van der Waals surface area (Å²) in [6.07, 6.45) is 2.79. The maximum atomic E-state index is 12.9. The maximum absolute atomic E-state index is 12.9. The number of rotatable bonds is 6. The van der Waals surface area contributed by atoms with Gasteiger partial charge >= 0.3 is 0 Å². The van der Waals surface area contributed by atoms with E-state index in [1.165, 1.54) is 0 Å². The fraction of sp³-hybridized carbons (Fsp3) is 0.571. The van der Waals surface area contributed by atoms with Crippen molar-refractivity contribution in [1.29, 1.82) is 0 Å². The van der Waals surface area contributed by atoms with Gasteiger partial charge in [-0.15, -0.1) is 0 Å². The Bertz CT molecular complexity index is 1060. The van der Waals surface area contributed by atoms with Crippen LogP contribution in [0.4, 0.5) is 0 Å². The van der Waals surface area contributed by atoms with Crippen LogP contribution in [0, 0.1) is 23.7 Å².